The molecule has 0 bridgehead atoms. The number of benzene rings is 2. The summed E-state index contributed by atoms with van der Waals surface area (Å²) in [5.41, 5.74) is 1.76. The van der Waals surface area contributed by atoms with Crippen molar-refractivity contribution in [2.24, 2.45) is 0 Å². The molecule has 0 aliphatic heterocycles. The average molecular weight is 385 g/mol. The first-order chi connectivity index (χ1) is 13.5. The molecule has 0 fully saturated rings. The maximum Gasteiger partial charge on any atom is 0.410 e. The fourth-order valence-electron chi connectivity index (χ4n) is 2.45. The van der Waals surface area contributed by atoms with Gasteiger partial charge in [0, 0.05) is 19.9 Å². The van der Waals surface area contributed by atoms with Crippen molar-refractivity contribution in [1.29, 1.82) is 0 Å². The van der Waals surface area contributed by atoms with Gasteiger partial charge in [-0.1, -0.05) is 60.7 Å². The zero-order valence-electron chi connectivity index (χ0n) is 15.6. The summed E-state index contributed by atoms with van der Waals surface area (Å²) < 4.78 is 10.1. The van der Waals surface area contributed by atoms with E-state index < -0.39 is 24.1 Å². The molecule has 2 aromatic carbocycles. The number of esters is 1. The fraction of sp³-hybridized carbons (Fsp3) is 0.286. The Morgan fingerprint density at radius 1 is 0.964 bits per heavy atom. The highest BCUT2D eigenvalue weighted by molar-refractivity contribution is 5.80. The first-order valence-corrected chi connectivity index (χ1v) is 8.83. The van der Waals surface area contributed by atoms with E-state index in [-0.39, 0.29) is 19.6 Å². The highest BCUT2D eigenvalue weighted by Gasteiger charge is 2.25. The maximum absolute atomic E-state index is 12.1. The molecule has 1 N–H and O–H groups in total. The minimum atomic E-state index is -1.34. The minimum absolute atomic E-state index is 0.0390. The Labute approximate surface area is 163 Å². The van der Waals surface area contributed by atoms with Crippen LogP contribution in [0.3, 0.4) is 0 Å². The Morgan fingerprint density at radius 3 is 2.11 bits per heavy atom. The summed E-state index contributed by atoms with van der Waals surface area (Å²) in [6.07, 6.45) is -1.63. The summed E-state index contributed by atoms with van der Waals surface area (Å²) in [4.78, 5) is 36.3. The molecule has 28 heavy (non-hydrogen) atoms. The molecule has 2 aromatic rings. The number of amides is 1. The lowest BCUT2D eigenvalue weighted by Crippen LogP contribution is -2.38. The lowest BCUT2D eigenvalue weighted by molar-refractivity contribution is -0.147. The molecular weight excluding hydrogens is 362 g/mol. The van der Waals surface area contributed by atoms with Crippen molar-refractivity contribution < 1.29 is 29.0 Å². The first kappa shape index (κ1) is 21.0. The lowest BCUT2D eigenvalue weighted by atomic mass is 10.1. The molecule has 148 valence electrons. The Balaban J connectivity index is 1.78. The molecule has 0 saturated heterocycles. The number of carbonyl (C=O) groups excluding carboxylic acids is 2. The zero-order chi connectivity index (χ0) is 20.4. The van der Waals surface area contributed by atoms with E-state index in [4.69, 9.17) is 9.47 Å². The molecule has 0 aliphatic carbocycles. The van der Waals surface area contributed by atoms with Gasteiger partial charge in [0.15, 0.2) is 0 Å². The van der Waals surface area contributed by atoms with E-state index in [1.807, 2.05) is 36.4 Å². The summed E-state index contributed by atoms with van der Waals surface area (Å²) in [6.45, 7) is -0.136. The van der Waals surface area contributed by atoms with Gasteiger partial charge >= 0.3 is 18.0 Å². The van der Waals surface area contributed by atoms with E-state index in [0.29, 0.717) is 6.42 Å². The van der Waals surface area contributed by atoms with Gasteiger partial charge in [-0.15, -0.1) is 0 Å². The van der Waals surface area contributed by atoms with Crippen LogP contribution in [0.25, 0.3) is 0 Å². The van der Waals surface area contributed by atoms with Gasteiger partial charge in [-0.25, -0.2) is 9.59 Å². The van der Waals surface area contributed by atoms with E-state index in [9.17, 15) is 19.5 Å². The summed E-state index contributed by atoms with van der Waals surface area (Å²) in [5.74, 6) is -1.85. The van der Waals surface area contributed by atoms with Gasteiger partial charge in [0.2, 0.25) is 6.10 Å². The topological polar surface area (TPSA) is 93.1 Å². The van der Waals surface area contributed by atoms with E-state index in [0.717, 1.165) is 16.0 Å². The second kappa shape index (κ2) is 10.7. The molecule has 0 unspecified atom stereocenters. The molecule has 0 spiro atoms. The monoisotopic (exact) mass is 385 g/mol. The van der Waals surface area contributed by atoms with Crippen molar-refractivity contribution in [3.8, 4) is 0 Å². The van der Waals surface area contributed by atoms with Crippen LogP contribution in [0.2, 0.25) is 0 Å². The normalized spacial score (nSPS) is 11.3. The second-order valence-corrected chi connectivity index (χ2v) is 6.21. The van der Waals surface area contributed by atoms with Crippen LogP contribution >= 0.6 is 0 Å². The number of aliphatic carboxylic acids is 1. The van der Waals surface area contributed by atoms with Gasteiger partial charge < -0.3 is 19.5 Å². The lowest BCUT2D eigenvalue weighted by Gasteiger charge is -2.20. The zero-order valence-corrected chi connectivity index (χ0v) is 15.6. The third-order valence-electron chi connectivity index (χ3n) is 3.96. The number of likely N-dealkylation sites (N-methyl/N-ethyl adjacent to an activating group) is 1. The largest absolute Gasteiger partial charge is 0.478 e. The molecule has 1 amide bonds. The van der Waals surface area contributed by atoms with E-state index in [2.05, 4.69) is 0 Å². The highest BCUT2D eigenvalue weighted by atomic mass is 16.6. The Morgan fingerprint density at radius 2 is 1.54 bits per heavy atom. The molecule has 7 nitrogen and oxygen atoms in total. The number of ether oxygens (including phenoxy) is 2. The Bertz CT molecular complexity index is 778. The summed E-state index contributed by atoms with van der Waals surface area (Å²) in [5, 5.41) is 9.28. The predicted molar refractivity (Wildman–Crippen MR) is 102 cm³/mol. The molecule has 0 radical (unpaired) electrons. The average Bonchev–Trinajstić information content (AvgIpc) is 2.69. The van der Waals surface area contributed by atoms with Crippen molar-refractivity contribution in [1.82, 2.24) is 4.90 Å². The number of rotatable bonds is 9. The molecule has 7 heteroatoms. The van der Waals surface area contributed by atoms with Crippen LogP contribution in [0.4, 0.5) is 4.79 Å². The van der Waals surface area contributed by atoms with Crippen LogP contribution < -0.4 is 0 Å². The number of hydrogen-bond donors (Lipinski definition) is 1. The van der Waals surface area contributed by atoms with Crippen LogP contribution in [0.1, 0.15) is 11.1 Å². The molecule has 0 saturated carbocycles. The van der Waals surface area contributed by atoms with Crippen molar-refractivity contribution in [3.63, 3.8) is 0 Å². The first-order valence-electron chi connectivity index (χ1n) is 8.83. The SMILES string of the molecule is CN(CC(=O)OCCc1ccccc1)C(=O)O[C@@H](Cc1ccccc1)C(=O)O. The molecule has 2 rings (SSSR count). The van der Waals surface area contributed by atoms with E-state index in [1.165, 1.54) is 7.05 Å². The van der Waals surface area contributed by atoms with Crippen LogP contribution in [0, 0.1) is 0 Å². The third kappa shape index (κ3) is 7.11. The number of carboxylic acid groups (broad SMARTS) is 1. The summed E-state index contributed by atoms with van der Waals surface area (Å²) in [6, 6.07) is 18.4. The fourth-order valence-corrected chi connectivity index (χ4v) is 2.45. The molecule has 0 aromatic heterocycles. The molecule has 0 aliphatic rings. The van der Waals surface area contributed by atoms with Crippen molar-refractivity contribution in [2.75, 3.05) is 20.2 Å². The second-order valence-electron chi connectivity index (χ2n) is 6.21. The standard InChI is InChI=1S/C21H23NO6/c1-22(15-19(23)27-13-12-16-8-4-2-5-9-16)21(26)28-18(20(24)25)14-17-10-6-3-7-11-17/h2-11,18H,12-15H2,1H3,(H,24,25)/t18-/m0/s1. The number of hydrogen-bond acceptors (Lipinski definition) is 5. The van der Waals surface area contributed by atoms with Crippen LogP contribution in [-0.4, -0.2) is 54.3 Å². The van der Waals surface area contributed by atoms with Gasteiger partial charge in [-0.3, -0.25) is 4.79 Å². The number of carbonyl (C=O) groups is 3. The summed E-state index contributed by atoms with van der Waals surface area (Å²) >= 11 is 0. The van der Waals surface area contributed by atoms with Gasteiger partial charge in [-0.05, 0) is 11.1 Å². The highest BCUT2D eigenvalue weighted by Crippen LogP contribution is 2.08. The van der Waals surface area contributed by atoms with Gasteiger partial charge in [0.1, 0.15) is 6.54 Å². The van der Waals surface area contributed by atoms with Crippen molar-refractivity contribution in [2.45, 2.75) is 18.9 Å². The van der Waals surface area contributed by atoms with E-state index >= 15 is 0 Å². The van der Waals surface area contributed by atoms with Crippen molar-refractivity contribution in [3.05, 3.63) is 71.8 Å². The maximum atomic E-state index is 12.1. The van der Waals surface area contributed by atoms with Gasteiger partial charge in [0.25, 0.3) is 0 Å². The number of nitrogens with zero attached hydrogens (tertiary/aromatic N) is 1. The third-order valence-corrected chi connectivity index (χ3v) is 3.96. The molecule has 1 atom stereocenters. The van der Waals surface area contributed by atoms with Crippen LogP contribution in [0.15, 0.2) is 60.7 Å². The van der Waals surface area contributed by atoms with Gasteiger partial charge in [-0.2, -0.15) is 0 Å². The van der Waals surface area contributed by atoms with Gasteiger partial charge in [0.05, 0.1) is 6.61 Å². The minimum Gasteiger partial charge on any atom is -0.478 e. The molecule has 0 heterocycles. The molecular formula is C21H23NO6. The predicted octanol–water partition coefficient (Wildman–Crippen LogP) is 2.54. The van der Waals surface area contributed by atoms with Crippen molar-refractivity contribution >= 4 is 18.0 Å². The van der Waals surface area contributed by atoms with Crippen LogP contribution in [-0.2, 0) is 31.9 Å². The summed E-state index contributed by atoms with van der Waals surface area (Å²) in [7, 11) is 1.35. The Kier molecular flexibility index (Phi) is 8.02. The van der Waals surface area contributed by atoms with Crippen LogP contribution in [0.5, 0.6) is 0 Å². The quantitative estimate of drug-likeness (QED) is 0.667. The Hall–Kier alpha value is -3.35. The number of carboxylic acids is 1. The van der Waals surface area contributed by atoms with E-state index in [1.54, 1.807) is 24.3 Å². The smallest absolute Gasteiger partial charge is 0.410 e.